The van der Waals surface area contributed by atoms with Crippen molar-refractivity contribution in [2.75, 3.05) is 52.9 Å². The first-order chi connectivity index (χ1) is 9.40. The summed E-state index contributed by atoms with van der Waals surface area (Å²) in [5.74, 6) is -0.826. The van der Waals surface area contributed by atoms with Crippen molar-refractivity contribution in [1.29, 1.82) is 0 Å². The quantitative estimate of drug-likeness (QED) is 0.753. The van der Waals surface area contributed by atoms with E-state index in [1.807, 2.05) is 18.7 Å². The van der Waals surface area contributed by atoms with E-state index in [4.69, 9.17) is 9.84 Å². The van der Waals surface area contributed by atoms with E-state index in [1.54, 1.807) is 16.8 Å². The minimum atomic E-state index is -0.826. The van der Waals surface area contributed by atoms with Gasteiger partial charge in [-0.25, -0.2) is 4.79 Å². The third-order valence-electron chi connectivity index (χ3n) is 3.21. The first kappa shape index (κ1) is 16.7. The van der Waals surface area contributed by atoms with E-state index in [0.717, 1.165) is 0 Å². The van der Waals surface area contributed by atoms with Gasteiger partial charge in [-0.15, -0.1) is 0 Å². The Morgan fingerprint density at radius 3 is 2.35 bits per heavy atom. The van der Waals surface area contributed by atoms with Gasteiger partial charge in [0.2, 0.25) is 0 Å². The molecular formula is C13H25N3O4. The Hall–Kier alpha value is -1.34. The van der Waals surface area contributed by atoms with Gasteiger partial charge in [0.15, 0.2) is 0 Å². The van der Waals surface area contributed by atoms with Gasteiger partial charge >= 0.3 is 12.0 Å². The van der Waals surface area contributed by atoms with Gasteiger partial charge in [0, 0.05) is 39.8 Å². The van der Waals surface area contributed by atoms with Crippen molar-refractivity contribution in [3.63, 3.8) is 0 Å². The SMILES string of the molecule is CC(C)OCCN(C)C(=O)N1CCN(CC(=O)O)CC1. The Labute approximate surface area is 120 Å². The number of nitrogens with zero attached hydrogens (tertiary/aromatic N) is 3. The number of carbonyl (C=O) groups is 2. The van der Waals surface area contributed by atoms with E-state index in [0.29, 0.717) is 39.3 Å². The summed E-state index contributed by atoms with van der Waals surface area (Å²) >= 11 is 0. The normalized spacial score (nSPS) is 16.5. The van der Waals surface area contributed by atoms with Crippen LogP contribution in [0.5, 0.6) is 0 Å². The van der Waals surface area contributed by atoms with Crippen LogP contribution < -0.4 is 0 Å². The second-order valence-electron chi connectivity index (χ2n) is 5.28. The third kappa shape index (κ3) is 5.75. The van der Waals surface area contributed by atoms with Crippen LogP contribution in [0, 0.1) is 0 Å². The molecule has 0 bridgehead atoms. The number of carboxylic acids is 1. The molecule has 0 aromatic carbocycles. The first-order valence-electron chi connectivity index (χ1n) is 6.96. The topological polar surface area (TPSA) is 73.3 Å². The second kappa shape index (κ2) is 8.06. The Morgan fingerprint density at radius 2 is 1.85 bits per heavy atom. The molecule has 1 N–H and O–H groups in total. The number of piperazine rings is 1. The van der Waals surface area contributed by atoms with Gasteiger partial charge in [-0.05, 0) is 13.8 Å². The molecular weight excluding hydrogens is 262 g/mol. The average molecular weight is 287 g/mol. The maximum Gasteiger partial charge on any atom is 0.319 e. The monoisotopic (exact) mass is 287 g/mol. The predicted octanol–water partition coefficient (Wildman–Crippen LogP) is 0.165. The summed E-state index contributed by atoms with van der Waals surface area (Å²) in [7, 11) is 1.76. The number of likely N-dealkylation sites (N-methyl/N-ethyl adjacent to an activating group) is 1. The number of urea groups is 1. The van der Waals surface area contributed by atoms with Crippen LogP contribution in [0.2, 0.25) is 0 Å². The Kier molecular flexibility index (Phi) is 6.74. The summed E-state index contributed by atoms with van der Waals surface area (Å²) in [6.45, 7) is 7.41. The molecule has 1 saturated heterocycles. The number of amides is 2. The fourth-order valence-electron chi connectivity index (χ4n) is 2.05. The van der Waals surface area contributed by atoms with E-state index in [9.17, 15) is 9.59 Å². The molecule has 1 aliphatic rings. The number of rotatable bonds is 6. The number of aliphatic carboxylic acids is 1. The second-order valence-corrected chi connectivity index (χ2v) is 5.28. The van der Waals surface area contributed by atoms with Crippen molar-refractivity contribution in [3.8, 4) is 0 Å². The zero-order valence-corrected chi connectivity index (χ0v) is 12.5. The summed E-state index contributed by atoms with van der Waals surface area (Å²) in [4.78, 5) is 28.0. The number of hydrogen-bond donors (Lipinski definition) is 1. The van der Waals surface area contributed by atoms with Crippen molar-refractivity contribution >= 4 is 12.0 Å². The molecule has 1 fully saturated rings. The fraction of sp³-hybridized carbons (Fsp3) is 0.846. The molecule has 0 aromatic rings. The van der Waals surface area contributed by atoms with Crippen LogP contribution in [0.25, 0.3) is 0 Å². The molecule has 20 heavy (non-hydrogen) atoms. The van der Waals surface area contributed by atoms with Gasteiger partial charge < -0.3 is 19.6 Å². The summed E-state index contributed by atoms with van der Waals surface area (Å²) in [5.41, 5.74) is 0. The summed E-state index contributed by atoms with van der Waals surface area (Å²) < 4.78 is 5.42. The van der Waals surface area contributed by atoms with Crippen molar-refractivity contribution in [1.82, 2.24) is 14.7 Å². The van der Waals surface area contributed by atoms with E-state index in [2.05, 4.69) is 0 Å². The molecule has 1 rings (SSSR count). The highest BCUT2D eigenvalue weighted by molar-refractivity contribution is 5.74. The van der Waals surface area contributed by atoms with E-state index in [1.165, 1.54) is 0 Å². The Morgan fingerprint density at radius 1 is 1.25 bits per heavy atom. The van der Waals surface area contributed by atoms with Crippen LogP contribution in [-0.2, 0) is 9.53 Å². The predicted molar refractivity (Wildman–Crippen MR) is 74.8 cm³/mol. The molecule has 1 aliphatic heterocycles. The third-order valence-corrected chi connectivity index (χ3v) is 3.21. The van der Waals surface area contributed by atoms with Gasteiger partial charge in [-0.1, -0.05) is 0 Å². The lowest BCUT2D eigenvalue weighted by Crippen LogP contribution is -2.53. The lowest BCUT2D eigenvalue weighted by molar-refractivity contribution is -0.138. The van der Waals surface area contributed by atoms with Crippen LogP contribution in [0.1, 0.15) is 13.8 Å². The number of ether oxygens (including phenoxy) is 1. The van der Waals surface area contributed by atoms with Crippen molar-refractivity contribution in [3.05, 3.63) is 0 Å². The zero-order valence-electron chi connectivity index (χ0n) is 12.5. The van der Waals surface area contributed by atoms with Crippen LogP contribution in [0.3, 0.4) is 0 Å². The molecule has 0 radical (unpaired) electrons. The molecule has 116 valence electrons. The molecule has 0 atom stereocenters. The maximum atomic E-state index is 12.2. The van der Waals surface area contributed by atoms with Crippen molar-refractivity contribution < 1.29 is 19.4 Å². The standard InChI is InChI=1S/C13H25N3O4/c1-11(2)20-9-8-14(3)13(19)16-6-4-15(5-7-16)10-12(17)18/h11H,4-10H2,1-3H3,(H,17,18). The molecule has 0 spiro atoms. The molecule has 2 amide bonds. The number of carbonyl (C=O) groups excluding carboxylic acids is 1. The van der Waals surface area contributed by atoms with E-state index in [-0.39, 0.29) is 18.7 Å². The highest BCUT2D eigenvalue weighted by Crippen LogP contribution is 2.05. The summed E-state index contributed by atoms with van der Waals surface area (Å²) in [5, 5.41) is 8.73. The first-order valence-corrected chi connectivity index (χ1v) is 6.96. The van der Waals surface area contributed by atoms with Crippen molar-refractivity contribution in [2.24, 2.45) is 0 Å². The van der Waals surface area contributed by atoms with Gasteiger partial charge in [-0.3, -0.25) is 9.69 Å². The zero-order chi connectivity index (χ0) is 15.1. The summed E-state index contributed by atoms with van der Waals surface area (Å²) in [6.07, 6.45) is 0.165. The lowest BCUT2D eigenvalue weighted by atomic mass is 10.3. The molecule has 0 aromatic heterocycles. The van der Waals surface area contributed by atoms with Gasteiger partial charge in [-0.2, -0.15) is 0 Å². The van der Waals surface area contributed by atoms with Gasteiger partial charge in [0.25, 0.3) is 0 Å². The lowest BCUT2D eigenvalue weighted by Gasteiger charge is -2.36. The van der Waals surface area contributed by atoms with Gasteiger partial charge in [0.1, 0.15) is 0 Å². The minimum Gasteiger partial charge on any atom is -0.480 e. The van der Waals surface area contributed by atoms with Gasteiger partial charge in [0.05, 0.1) is 19.3 Å². The smallest absolute Gasteiger partial charge is 0.319 e. The largest absolute Gasteiger partial charge is 0.480 e. The molecule has 0 aliphatic carbocycles. The Balaban J connectivity index is 2.29. The van der Waals surface area contributed by atoms with E-state index < -0.39 is 5.97 Å². The highest BCUT2D eigenvalue weighted by atomic mass is 16.5. The maximum absolute atomic E-state index is 12.2. The van der Waals surface area contributed by atoms with Crippen LogP contribution >= 0.6 is 0 Å². The number of hydrogen-bond acceptors (Lipinski definition) is 4. The average Bonchev–Trinajstić information content (AvgIpc) is 2.37. The Bertz CT molecular complexity index is 328. The molecule has 0 unspecified atom stereocenters. The molecule has 0 saturated carbocycles. The highest BCUT2D eigenvalue weighted by Gasteiger charge is 2.24. The minimum absolute atomic E-state index is 0.0210. The fourth-order valence-corrected chi connectivity index (χ4v) is 2.05. The number of carboxylic acid groups (broad SMARTS) is 1. The van der Waals surface area contributed by atoms with Crippen molar-refractivity contribution in [2.45, 2.75) is 20.0 Å². The molecule has 7 heteroatoms. The van der Waals surface area contributed by atoms with E-state index >= 15 is 0 Å². The molecule has 1 heterocycles. The summed E-state index contributed by atoms with van der Waals surface area (Å²) in [6, 6.07) is -0.0210. The van der Waals surface area contributed by atoms with Crippen LogP contribution in [-0.4, -0.2) is 90.8 Å². The van der Waals surface area contributed by atoms with Crippen LogP contribution in [0.4, 0.5) is 4.79 Å². The molecule has 7 nitrogen and oxygen atoms in total. The van der Waals surface area contributed by atoms with Crippen LogP contribution in [0.15, 0.2) is 0 Å².